The van der Waals surface area contributed by atoms with E-state index in [2.05, 4.69) is 10.3 Å². The standard InChI is InChI=1S/C10H14N4O/c1-7-3-4-9(15-7)5-14-6-10(8(2)11)12-13-14/h3-4,6,8H,5,11H2,1-2H3. The minimum Gasteiger partial charge on any atom is -0.464 e. The van der Waals surface area contributed by atoms with Gasteiger partial charge in [-0.1, -0.05) is 5.21 Å². The average Bonchev–Trinajstić information content (AvgIpc) is 2.76. The monoisotopic (exact) mass is 206 g/mol. The minimum absolute atomic E-state index is 0.0860. The van der Waals surface area contributed by atoms with Crippen LogP contribution >= 0.6 is 0 Å². The molecule has 2 aromatic rings. The van der Waals surface area contributed by atoms with Crippen molar-refractivity contribution in [3.63, 3.8) is 0 Å². The van der Waals surface area contributed by atoms with Gasteiger partial charge in [0.2, 0.25) is 0 Å². The molecule has 0 aliphatic rings. The predicted octanol–water partition coefficient (Wildman–Crippen LogP) is 1.25. The van der Waals surface area contributed by atoms with Crippen molar-refractivity contribution in [3.8, 4) is 0 Å². The van der Waals surface area contributed by atoms with Crippen molar-refractivity contribution in [2.24, 2.45) is 5.73 Å². The Hall–Kier alpha value is -1.62. The summed E-state index contributed by atoms with van der Waals surface area (Å²) in [7, 11) is 0. The van der Waals surface area contributed by atoms with Gasteiger partial charge in [0.25, 0.3) is 0 Å². The molecule has 2 heterocycles. The Morgan fingerprint density at radius 1 is 1.53 bits per heavy atom. The molecule has 5 nitrogen and oxygen atoms in total. The molecule has 15 heavy (non-hydrogen) atoms. The van der Waals surface area contributed by atoms with Gasteiger partial charge < -0.3 is 10.2 Å². The van der Waals surface area contributed by atoms with E-state index in [0.29, 0.717) is 6.54 Å². The molecule has 0 fully saturated rings. The van der Waals surface area contributed by atoms with Crippen molar-refractivity contribution in [2.45, 2.75) is 26.4 Å². The van der Waals surface area contributed by atoms with E-state index in [1.165, 1.54) is 0 Å². The highest BCUT2D eigenvalue weighted by molar-refractivity contribution is 5.06. The minimum atomic E-state index is -0.0860. The lowest BCUT2D eigenvalue weighted by atomic mass is 10.3. The van der Waals surface area contributed by atoms with E-state index < -0.39 is 0 Å². The first-order valence-corrected chi connectivity index (χ1v) is 4.86. The molecule has 0 saturated heterocycles. The second-order valence-electron chi connectivity index (χ2n) is 3.64. The zero-order chi connectivity index (χ0) is 10.8. The summed E-state index contributed by atoms with van der Waals surface area (Å²) in [6, 6.07) is 3.78. The van der Waals surface area contributed by atoms with Crippen molar-refractivity contribution in [2.75, 3.05) is 0 Å². The van der Waals surface area contributed by atoms with Crippen LogP contribution in [0.3, 0.4) is 0 Å². The van der Waals surface area contributed by atoms with Crippen LogP contribution in [0, 0.1) is 6.92 Å². The third-order valence-electron chi connectivity index (χ3n) is 2.14. The van der Waals surface area contributed by atoms with Crippen LogP contribution in [0.5, 0.6) is 0 Å². The Balaban J connectivity index is 2.11. The van der Waals surface area contributed by atoms with Gasteiger partial charge in [-0.25, -0.2) is 4.68 Å². The van der Waals surface area contributed by atoms with Gasteiger partial charge in [-0.2, -0.15) is 0 Å². The van der Waals surface area contributed by atoms with Gasteiger partial charge in [0, 0.05) is 6.04 Å². The van der Waals surface area contributed by atoms with Crippen LogP contribution in [-0.2, 0) is 6.54 Å². The molecule has 2 rings (SSSR count). The summed E-state index contributed by atoms with van der Waals surface area (Å²) in [5.74, 6) is 1.77. The van der Waals surface area contributed by atoms with E-state index in [4.69, 9.17) is 10.2 Å². The lowest BCUT2D eigenvalue weighted by Gasteiger charge is -1.97. The van der Waals surface area contributed by atoms with Gasteiger partial charge in [0.05, 0.1) is 11.9 Å². The number of hydrogen-bond donors (Lipinski definition) is 1. The van der Waals surface area contributed by atoms with E-state index in [1.54, 1.807) is 4.68 Å². The number of rotatable bonds is 3. The van der Waals surface area contributed by atoms with Crippen molar-refractivity contribution in [3.05, 3.63) is 35.5 Å². The highest BCUT2D eigenvalue weighted by atomic mass is 16.3. The first-order valence-electron chi connectivity index (χ1n) is 4.86. The quantitative estimate of drug-likeness (QED) is 0.820. The maximum Gasteiger partial charge on any atom is 0.125 e. The van der Waals surface area contributed by atoms with Crippen LogP contribution in [0.2, 0.25) is 0 Å². The molecule has 0 amide bonds. The SMILES string of the molecule is Cc1ccc(Cn2cc(C(C)N)nn2)o1. The highest BCUT2D eigenvalue weighted by Gasteiger charge is 2.06. The summed E-state index contributed by atoms with van der Waals surface area (Å²) >= 11 is 0. The van der Waals surface area contributed by atoms with Gasteiger partial charge in [-0.15, -0.1) is 5.10 Å². The van der Waals surface area contributed by atoms with E-state index in [1.807, 2.05) is 32.2 Å². The summed E-state index contributed by atoms with van der Waals surface area (Å²) in [4.78, 5) is 0. The molecule has 0 spiro atoms. The molecule has 1 unspecified atom stereocenters. The molecular formula is C10H14N4O. The number of furan rings is 1. The fourth-order valence-electron chi connectivity index (χ4n) is 1.33. The number of hydrogen-bond acceptors (Lipinski definition) is 4. The lowest BCUT2D eigenvalue weighted by Crippen LogP contribution is -2.05. The predicted molar refractivity (Wildman–Crippen MR) is 55.2 cm³/mol. The van der Waals surface area contributed by atoms with Crippen LogP contribution in [0.15, 0.2) is 22.7 Å². The molecule has 0 saturated carbocycles. The van der Waals surface area contributed by atoms with Crippen LogP contribution < -0.4 is 5.73 Å². The maximum atomic E-state index is 5.69. The molecule has 0 radical (unpaired) electrons. The smallest absolute Gasteiger partial charge is 0.125 e. The van der Waals surface area contributed by atoms with Crippen LogP contribution in [0.4, 0.5) is 0 Å². The molecule has 0 bridgehead atoms. The molecule has 0 aliphatic carbocycles. The summed E-state index contributed by atoms with van der Waals surface area (Å²) in [6.45, 7) is 4.39. The number of aryl methyl sites for hydroxylation is 1. The maximum absolute atomic E-state index is 5.69. The molecule has 5 heteroatoms. The Morgan fingerprint density at radius 2 is 2.33 bits per heavy atom. The lowest BCUT2D eigenvalue weighted by molar-refractivity contribution is 0.455. The van der Waals surface area contributed by atoms with Crippen molar-refractivity contribution < 1.29 is 4.42 Å². The van der Waals surface area contributed by atoms with Crippen LogP contribution in [-0.4, -0.2) is 15.0 Å². The van der Waals surface area contributed by atoms with Gasteiger partial charge in [-0.05, 0) is 26.0 Å². The zero-order valence-corrected chi connectivity index (χ0v) is 8.84. The fraction of sp³-hybridized carbons (Fsp3) is 0.400. The second-order valence-corrected chi connectivity index (χ2v) is 3.64. The van der Waals surface area contributed by atoms with Gasteiger partial charge in [-0.3, -0.25) is 0 Å². The van der Waals surface area contributed by atoms with E-state index in [0.717, 1.165) is 17.2 Å². The zero-order valence-electron chi connectivity index (χ0n) is 8.84. The normalized spacial score (nSPS) is 13.0. The van der Waals surface area contributed by atoms with E-state index in [9.17, 15) is 0 Å². The van der Waals surface area contributed by atoms with Crippen molar-refractivity contribution >= 4 is 0 Å². The topological polar surface area (TPSA) is 69.9 Å². The summed E-state index contributed by atoms with van der Waals surface area (Å²) in [6.07, 6.45) is 1.84. The molecule has 2 N–H and O–H groups in total. The fourth-order valence-corrected chi connectivity index (χ4v) is 1.33. The second kappa shape index (κ2) is 3.86. The molecule has 0 aromatic carbocycles. The van der Waals surface area contributed by atoms with E-state index in [-0.39, 0.29) is 6.04 Å². The molecular weight excluding hydrogens is 192 g/mol. The van der Waals surface area contributed by atoms with Crippen molar-refractivity contribution in [1.29, 1.82) is 0 Å². The largest absolute Gasteiger partial charge is 0.464 e. The number of aromatic nitrogens is 3. The molecule has 1 atom stereocenters. The Kier molecular flexibility index (Phi) is 2.55. The Bertz CT molecular complexity index is 444. The third kappa shape index (κ3) is 2.24. The summed E-state index contributed by atoms with van der Waals surface area (Å²) < 4.78 is 7.16. The Labute approximate surface area is 87.9 Å². The molecule has 2 aromatic heterocycles. The molecule has 0 aliphatic heterocycles. The van der Waals surface area contributed by atoms with Crippen LogP contribution in [0.1, 0.15) is 30.2 Å². The van der Waals surface area contributed by atoms with E-state index >= 15 is 0 Å². The molecule has 80 valence electrons. The summed E-state index contributed by atoms with van der Waals surface area (Å²) in [5.41, 5.74) is 6.48. The first kappa shape index (κ1) is 9.92. The number of nitrogens with two attached hydrogens (primary N) is 1. The van der Waals surface area contributed by atoms with Gasteiger partial charge >= 0.3 is 0 Å². The summed E-state index contributed by atoms with van der Waals surface area (Å²) in [5, 5.41) is 7.93. The van der Waals surface area contributed by atoms with Gasteiger partial charge in [0.1, 0.15) is 18.1 Å². The third-order valence-corrected chi connectivity index (χ3v) is 2.14. The van der Waals surface area contributed by atoms with Crippen molar-refractivity contribution in [1.82, 2.24) is 15.0 Å². The van der Waals surface area contributed by atoms with Crippen LogP contribution in [0.25, 0.3) is 0 Å². The first-order chi connectivity index (χ1) is 7.15. The van der Waals surface area contributed by atoms with Gasteiger partial charge in [0.15, 0.2) is 0 Å². The Morgan fingerprint density at radius 3 is 2.87 bits per heavy atom. The average molecular weight is 206 g/mol. The number of nitrogens with zero attached hydrogens (tertiary/aromatic N) is 3. The highest BCUT2D eigenvalue weighted by Crippen LogP contribution is 2.09.